The van der Waals surface area contributed by atoms with E-state index < -0.39 is 0 Å². The molecule has 0 spiro atoms. The van der Waals surface area contributed by atoms with Gasteiger partial charge >= 0.3 is 0 Å². The van der Waals surface area contributed by atoms with E-state index in [1.165, 1.54) is 33.4 Å². The first-order chi connectivity index (χ1) is 10.2. The molecule has 0 nitrogen and oxygen atoms in total. The fourth-order valence-electron chi connectivity index (χ4n) is 2.74. The van der Waals surface area contributed by atoms with Crippen molar-refractivity contribution in [1.82, 2.24) is 0 Å². The van der Waals surface area contributed by atoms with E-state index in [2.05, 4.69) is 64.1 Å². The SMILES string of the molecule is CCc1[c]c(CC)cc(Cc2cc(CC)[c]c(CC)c2)c1. The summed E-state index contributed by atoms with van der Waals surface area (Å²) in [6.07, 6.45) is 5.25. The molecule has 0 heteroatoms. The topological polar surface area (TPSA) is 0 Å². The van der Waals surface area contributed by atoms with Gasteiger partial charge in [-0.1, -0.05) is 52.0 Å². The maximum absolute atomic E-state index is 3.51. The van der Waals surface area contributed by atoms with E-state index in [1.54, 1.807) is 0 Å². The third-order valence-corrected chi connectivity index (χ3v) is 4.01. The Bertz CT molecular complexity index is 495. The molecule has 2 radical (unpaired) electrons. The smallest absolute Gasteiger partial charge is 0.00254 e. The highest BCUT2D eigenvalue weighted by Crippen LogP contribution is 2.18. The molecular formula is C21H26. The molecule has 0 aliphatic carbocycles. The van der Waals surface area contributed by atoms with Crippen molar-refractivity contribution in [3.8, 4) is 0 Å². The third kappa shape index (κ3) is 4.20. The zero-order valence-corrected chi connectivity index (χ0v) is 13.8. The van der Waals surface area contributed by atoms with E-state index in [1.807, 2.05) is 0 Å². The molecule has 0 aliphatic heterocycles. The van der Waals surface area contributed by atoms with Crippen molar-refractivity contribution >= 4 is 0 Å². The van der Waals surface area contributed by atoms with Crippen molar-refractivity contribution in [2.24, 2.45) is 0 Å². The second kappa shape index (κ2) is 7.45. The minimum atomic E-state index is 1.02. The monoisotopic (exact) mass is 278 g/mol. The highest BCUT2D eigenvalue weighted by molar-refractivity contribution is 5.36. The molecule has 0 aliphatic rings. The molecule has 2 aromatic carbocycles. The average molecular weight is 278 g/mol. The van der Waals surface area contributed by atoms with Crippen LogP contribution < -0.4 is 0 Å². The van der Waals surface area contributed by atoms with Gasteiger partial charge in [0.15, 0.2) is 0 Å². The van der Waals surface area contributed by atoms with Crippen molar-refractivity contribution in [1.29, 1.82) is 0 Å². The Morgan fingerprint density at radius 3 is 1.10 bits per heavy atom. The van der Waals surface area contributed by atoms with Gasteiger partial charge in [-0.2, -0.15) is 0 Å². The molecule has 0 amide bonds. The number of hydrogen-bond acceptors (Lipinski definition) is 0. The minimum absolute atomic E-state index is 1.02. The first kappa shape index (κ1) is 15.8. The van der Waals surface area contributed by atoms with Gasteiger partial charge in [0.25, 0.3) is 0 Å². The average Bonchev–Trinajstić information content (AvgIpc) is 2.53. The number of rotatable bonds is 6. The van der Waals surface area contributed by atoms with E-state index in [0.717, 1.165) is 32.1 Å². The molecule has 110 valence electrons. The molecule has 0 N–H and O–H groups in total. The highest BCUT2D eigenvalue weighted by atomic mass is 14.1. The summed E-state index contributed by atoms with van der Waals surface area (Å²) >= 11 is 0. The summed E-state index contributed by atoms with van der Waals surface area (Å²) in [6, 6.07) is 16.3. The largest absolute Gasteiger partial charge is 0.0613 e. The van der Waals surface area contributed by atoms with Crippen LogP contribution in [0, 0.1) is 12.1 Å². The number of hydrogen-bond donors (Lipinski definition) is 0. The maximum atomic E-state index is 3.51. The van der Waals surface area contributed by atoms with Crippen LogP contribution in [0.3, 0.4) is 0 Å². The quantitative estimate of drug-likeness (QED) is 0.687. The van der Waals surface area contributed by atoms with Gasteiger partial charge in [0.05, 0.1) is 0 Å². The summed E-state index contributed by atoms with van der Waals surface area (Å²) < 4.78 is 0. The van der Waals surface area contributed by atoms with Crippen molar-refractivity contribution in [3.63, 3.8) is 0 Å². The lowest BCUT2D eigenvalue weighted by Crippen LogP contribution is -1.97. The van der Waals surface area contributed by atoms with Crippen molar-refractivity contribution in [2.45, 2.75) is 59.8 Å². The lowest BCUT2D eigenvalue weighted by molar-refractivity contribution is 1.03. The van der Waals surface area contributed by atoms with Crippen molar-refractivity contribution in [3.05, 3.63) is 69.8 Å². The molecule has 2 aromatic rings. The predicted octanol–water partition coefficient (Wildman–Crippen LogP) is 5.13. The zero-order valence-electron chi connectivity index (χ0n) is 13.8. The van der Waals surface area contributed by atoms with Crippen LogP contribution in [0.5, 0.6) is 0 Å². The van der Waals surface area contributed by atoms with Gasteiger partial charge in [-0.15, -0.1) is 0 Å². The van der Waals surface area contributed by atoms with Crippen LogP contribution >= 0.6 is 0 Å². The van der Waals surface area contributed by atoms with Crippen LogP contribution in [0.15, 0.2) is 24.3 Å². The van der Waals surface area contributed by atoms with Crippen LogP contribution in [0.1, 0.15) is 61.1 Å². The van der Waals surface area contributed by atoms with Gasteiger partial charge < -0.3 is 0 Å². The van der Waals surface area contributed by atoms with E-state index in [0.29, 0.717) is 0 Å². The Balaban J connectivity index is 2.32. The van der Waals surface area contributed by atoms with Crippen molar-refractivity contribution in [2.75, 3.05) is 0 Å². The van der Waals surface area contributed by atoms with Gasteiger partial charge in [0.1, 0.15) is 0 Å². The Hall–Kier alpha value is -1.56. The van der Waals surface area contributed by atoms with Gasteiger partial charge in [0, 0.05) is 0 Å². The molecule has 0 saturated heterocycles. The van der Waals surface area contributed by atoms with Gasteiger partial charge in [-0.05, 0) is 77.6 Å². The summed E-state index contributed by atoms with van der Waals surface area (Å²) in [7, 11) is 0. The maximum Gasteiger partial charge on any atom is -0.00254 e. The summed E-state index contributed by atoms with van der Waals surface area (Å²) in [4.78, 5) is 0. The summed E-state index contributed by atoms with van der Waals surface area (Å²) in [5, 5.41) is 0. The normalized spacial score (nSPS) is 10.9. The fraction of sp³-hybridized carbons (Fsp3) is 0.429. The lowest BCUT2D eigenvalue weighted by Gasteiger charge is -2.10. The Kier molecular flexibility index (Phi) is 5.61. The van der Waals surface area contributed by atoms with Crippen LogP contribution in [-0.2, 0) is 32.1 Å². The second-order valence-corrected chi connectivity index (χ2v) is 5.67. The first-order valence-electron chi connectivity index (χ1n) is 8.26. The van der Waals surface area contributed by atoms with E-state index in [9.17, 15) is 0 Å². The predicted molar refractivity (Wildman–Crippen MR) is 90.9 cm³/mol. The highest BCUT2D eigenvalue weighted by Gasteiger charge is 2.04. The van der Waals surface area contributed by atoms with Gasteiger partial charge in [0.2, 0.25) is 0 Å². The fourth-order valence-corrected chi connectivity index (χ4v) is 2.74. The minimum Gasteiger partial charge on any atom is -0.0613 e. The Morgan fingerprint density at radius 2 is 0.857 bits per heavy atom. The molecule has 0 saturated carbocycles. The molecule has 21 heavy (non-hydrogen) atoms. The molecule has 2 rings (SSSR count). The van der Waals surface area contributed by atoms with Crippen LogP contribution in [0.4, 0.5) is 0 Å². The van der Waals surface area contributed by atoms with E-state index >= 15 is 0 Å². The standard InChI is InChI=1S/C21H26/c1-5-16-9-17(6-2)12-20(11-16)15-21-13-18(7-3)10-19(8-4)14-21/h11-14H,5-8,15H2,1-4H3. The van der Waals surface area contributed by atoms with E-state index in [-0.39, 0.29) is 0 Å². The molecule has 0 heterocycles. The molecule has 0 bridgehead atoms. The first-order valence-corrected chi connectivity index (χ1v) is 8.26. The molecule has 0 atom stereocenters. The molecule has 0 unspecified atom stereocenters. The van der Waals surface area contributed by atoms with Gasteiger partial charge in [-0.3, -0.25) is 0 Å². The third-order valence-electron chi connectivity index (χ3n) is 4.01. The lowest BCUT2D eigenvalue weighted by atomic mass is 9.95. The summed E-state index contributed by atoms with van der Waals surface area (Å²) in [5.74, 6) is 0. The van der Waals surface area contributed by atoms with Crippen molar-refractivity contribution < 1.29 is 0 Å². The van der Waals surface area contributed by atoms with Gasteiger partial charge in [-0.25, -0.2) is 0 Å². The zero-order chi connectivity index (χ0) is 15.2. The second-order valence-electron chi connectivity index (χ2n) is 5.67. The van der Waals surface area contributed by atoms with E-state index in [4.69, 9.17) is 0 Å². The summed E-state index contributed by atoms with van der Waals surface area (Å²) in [6.45, 7) is 8.82. The number of aryl methyl sites for hydroxylation is 4. The van der Waals surface area contributed by atoms with Crippen LogP contribution in [0.2, 0.25) is 0 Å². The Morgan fingerprint density at radius 1 is 0.571 bits per heavy atom. The molecule has 0 aromatic heterocycles. The molecule has 0 fully saturated rings. The molecular weight excluding hydrogens is 252 g/mol. The summed E-state index contributed by atoms with van der Waals surface area (Å²) in [5.41, 5.74) is 8.16. The van der Waals surface area contributed by atoms with Crippen LogP contribution in [0.25, 0.3) is 0 Å². The Labute approximate surface area is 130 Å². The number of benzene rings is 2. The van der Waals surface area contributed by atoms with Crippen LogP contribution in [-0.4, -0.2) is 0 Å².